The Morgan fingerprint density at radius 2 is 2.11 bits per heavy atom. The molecule has 3 rings (SSSR count). The van der Waals surface area contributed by atoms with Crippen molar-refractivity contribution in [3.05, 3.63) is 35.9 Å². The molecule has 0 unspecified atom stereocenters. The summed E-state index contributed by atoms with van der Waals surface area (Å²) in [6.45, 7) is 0.129. The molecule has 2 aromatic heterocycles. The first-order chi connectivity index (χ1) is 9.06. The van der Waals surface area contributed by atoms with Crippen molar-refractivity contribution in [3.8, 4) is 0 Å². The van der Waals surface area contributed by atoms with Crippen LogP contribution in [-0.4, -0.2) is 24.3 Å². The fourth-order valence-corrected chi connectivity index (χ4v) is 1.93. The summed E-state index contributed by atoms with van der Waals surface area (Å²) in [6, 6.07) is 2.40. The summed E-state index contributed by atoms with van der Waals surface area (Å²) in [5.74, 6) is -1.38. The Hall–Kier alpha value is -2.51. The number of nitrogens with two attached hydrogens (primary N) is 1. The Morgan fingerprint density at radius 1 is 1.32 bits per heavy atom. The highest BCUT2D eigenvalue weighted by atomic mass is 19.2. The van der Waals surface area contributed by atoms with Crippen LogP contribution in [-0.2, 0) is 13.6 Å². The molecule has 98 valence electrons. The van der Waals surface area contributed by atoms with E-state index in [-0.39, 0.29) is 18.0 Å². The van der Waals surface area contributed by atoms with Gasteiger partial charge in [0.2, 0.25) is 5.95 Å². The summed E-state index contributed by atoms with van der Waals surface area (Å²) < 4.78 is 30.0. The molecule has 6 nitrogen and oxygen atoms in total. The molecule has 0 radical (unpaired) electrons. The molecular weight excluding hydrogens is 254 g/mol. The van der Waals surface area contributed by atoms with E-state index in [1.165, 1.54) is 21.6 Å². The van der Waals surface area contributed by atoms with Gasteiger partial charge in [0.05, 0.1) is 12.1 Å². The number of halogens is 2. The Kier molecular flexibility index (Phi) is 2.44. The lowest BCUT2D eigenvalue weighted by molar-refractivity contribution is 0.512. The molecule has 0 spiro atoms. The monoisotopic (exact) mass is 264 g/mol. The third kappa shape index (κ3) is 1.81. The van der Waals surface area contributed by atoms with Crippen LogP contribution in [0.2, 0.25) is 0 Å². The van der Waals surface area contributed by atoms with Crippen LogP contribution in [0.4, 0.5) is 14.7 Å². The Morgan fingerprint density at radius 3 is 2.79 bits per heavy atom. The van der Waals surface area contributed by atoms with Gasteiger partial charge in [-0.1, -0.05) is 0 Å². The lowest BCUT2D eigenvalue weighted by atomic mass is 10.3. The van der Waals surface area contributed by atoms with Gasteiger partial charge in [0.25, 0.3) is 0 Å². The predicted octanol–water partition coefficient (Wildman–Crippen LogP) is 1.07. The van der Waals surface area contributed by atoms with E-state index in [1.807, 2.05) is 0 Å². The number of hydrogen-bond donors (Lipinski definition) is 1. The van der Waals surface area contributed by atoms with Crippen LogP contribution in [0.3, 0.4) is 0 Å². The van der Waals surface area contributed by atoms with Gasteiger partial charge in [0.1, 0.15) is 11.8 Å². The maximum absolute atomic E-state index is 13.8. The lowest BCUT2D eigenvalue weighted by Gasteiger charge is -2.04. The molecule has 0 fully saturated rings. The topological polar surface area (TPSA) is 74.5 Å². The quantitative estimate of drug-likeness (QED) is 0.751. The maximum Gasteiger partial charge on any atom is 0.201 e. The van der Waals surface area contributed by atoms with E-state index < -0.39 is 11.6 Å². The minimum Gasteiger partial charge on any atom is -0.369 e. The first-order valence-corrected chi connectivity index (χ1v) is 5.50. The molecule has 0 saturated heterocycles. The number of benzene rings is 1. The van der Waals surface area contributed by atoms with E-state index in [1.54, 1.807) is 7.05 Å². The van der Waals surface area contributed by atoms with Crippen molar-refractivity contribution in [1.82, 2.24) is 24.3 Å². The van der Waals surface area contributed by atoms with Crippen molar-refractivity contribution >= 4 is 17.0 Å². The van der Waals surface area contributed by atoms with E-state index in [0.717, 1.165) is 6.07 Å². The number of fused-ring (bicyclic) bond motifs is 1. The summed E-state index contributed by atoms with van der Waals surface area (Å²) in [7, 11) is 1.71. The first-order valence-electron chi connectivity index (χ1n) is 5.50. The van der Waals surface area contributed by atoms with Crippen molar-refractivity contribution in [3.63, 3.8) is 0 Å². The molecule has 1 aromatic carbocycles. The summed E-state index contributed by atoms with van der Waals surface area (Å²) in [4.78, 5) is 8.01. The second-order valence-electron chi connectivity index (χ2n) is 4.12. The standard InChI is InChI=1S/C11H10F2N6/c1-18-5-15-8(17-18)4-19-10-7(16-11(19)14)3-2-6(12)9(10)13/h2-3,5H,4H2,1H3,(H2,14,16). The van der Waals surface area contributed by atoms with E-state index >= 15 is 0 Å². The van der Waals surface area contributed by atoms with E-state index in [9.17, 15) is 8.78 Å². The molecule has 0 aliphatic heterocycles. The minimum absolute atomic E-state index is 0.0185. The molecule has 0 atom stereocenters. The van der Waals surface area contributed by atoms with E-state index in [0.29, 0.717) is 11.3 Å². The third-order valence-electron chi connectivity index (χ3n) is 2.78. The zero-order chi connectivity index (χ0) is 13.6. The zero-order valence-electron chi connectivity index (χ0n) is 10.0. The second-order valence-corrected chi connectivity index (χ2v) is 4.12. The summed E-state index contributed by atoms with van der Waals surface area (Å²) in [5, 5.41) is 4.07. The van der Waals surface area contributed by atoms with Crippen LogP contribution in [0.5, 0.6) is 0 Å². The molecule has 3 aromatic rings. The van der Waals surface area contributed by atoms with Gasteiger partial charge in [-0.05, 0) is 12.1 Å². The minimum atomic E-state index is -0.974. The molecule has 0 aliphatic carbocycles. The zero-order valence-corrected chi connectivity index (χ0v) is 10.0. The largest absolute Gasteiger partial charge is 0.369 e. The third-order valence-corrected chi connectivity index (χ3v) is 2.78. The van der Waals surface area contributed by atoms with E-state index in [2.05, 4.69) is 15.1 Å². The number of imidazole rings is 1. The van der Waals surface area contributed by atoms with Crippen LogP contribution < -0.4 is 5.73 Å². The number of hydrogen-bond acceptors (Lipinski definition) is 4. The maximum atomic E-state index is 13.8. The van der Waals surface area contributed by atoms with Gasteiger partial charge in [0, 0.05) is 7.05 Å². The second kappa shape index (κ2) is 4.01. The van der Waals surface area contributed by atoms with Crippen molar-refractivity contribution < 1.29 is 8.78 Å². The number of nitrogen functional groups attached to an aromatic ring is 1. The SMILES string of the molecule is Cn1cnc(Cn2c(N)nc3ccc(F)c(F)c32)n1. The highest BCUT2D eigenvalue weighted by Crippen LogP contribution is 2.23. The van der Waals surface area contributed by atoms with Gasteiger partial charge in [0.15, 0.2) is 17.5 Å². The number of aromatic nitrogens is 5. The Bertz CT molecular complexity index is 760. The van der Waals surface area contributed by atoms with Gasteiger partial charge >= 0.3 is 0 Å². The molecule has 2 heterocycles. The predicted molar refractivity (Wildman–Crippen MR) is 64.2 cm³/mol. The van der Waals surface area contributed by atoms with Crippen molar-refractivity contribution in [1.29, 1.82) is 0 Å². The number of aryl methyl sites for hydroxylation is 1. The van der Waals surface area contributed by atoms with Crippen LogP contribution in [0.1, 0.15) is 5.82 Å². The molecule has 19 heavy (non-hydrogen) atoms. The molecular formula is C11H10F2N6. The highest BCUT2D eigenvalue weighted by molar-refractivity contribution is 5.79. The fraction of sp³-hybridized carbons (Fsp3) is 0.182. The van der Waals surface area contributed by atoms with Crippen molar-refractivity contribution in [2.45, 2.75) is 6.54 Å². The van der Waals surface area contributed by atoms with Gasteiger partial charge in [-0.3, -0.25) is 4.68 Å². The first kappa shape index (κ1) is 11.6. The number of nitrogens with zero attached hydrogens (tertiary/aromatic N) is 5. The molecule has 0 aliphatic rings. The average molecular weight is 264 g/mol. The smallest absolute Gasteiger partial charge is 0.201 e. The van der Waals surface area contributed by atoms with Crippen LogP contribution >= 0.6 is 0 Å². The van der Waals surface area contributed by atoms with Crippen LogP contribution in [0.15, 0.2) is 18.5 Å². The highest BCUT2D eigenvalue weighted by Gasteiger charge is 2.17. The molecule has 2 N–H and O–H groups in total. The molecule has 0 amide bonds. The fourth-order valence-electron chi connectivity index (χ4n) is 1.93. The lowest BCUT2D eigenvalue weighted by Crippen LogP contribution is -2.07. The van der Waals surface area contributed by atoms with E-state index in [4.69, 9.17) is 5.73 Å². The molecule has 0 bridgehead atoms. The molecule has 0 saturated carbocycles. The number of anilines is 1. The summed E-state index contributed by atoms with van der Waals surface area (Å²) in [5.41, 5.74) is 6.04. The van der Waals surface area contributed by atoms with Crippen molar-refractivity contribution in [2.24, 2.45) is 7.05 Å². The summed E-state index contributed by atoms with van der Waals surface area (Å²) in [6.07, 6.45) is 1.52. The van der Waals surface area contributed by atoms with Crippen molar-refractivity contribution in [2.75, 3.05) is 5.73 Å². The van der Waals surface area contributed by atoms with Gasteiger partial charge in [-0.2, -0.15) is 5.10 Å². The van der Waals surface area contributed by atoms with Gasteiger partial charge < -0.3 is 10.3 Å². The average Bonchev–Trinajstić information content (AvgIpc) is 2.90. The van der Waals surface area contributed by atoms with Crippen LogP contribution in [0, 0.1) is 11.6 Å². The normalized spacial score (nSPS) is 11.3. The Balaban J connectivity index is 2.17. The molecule has 8 heteroatoms. The Labute approximate surface area is 106 Å². The van der Waals surface area contributed by atoms with Crippen LogP contribution in [0.25, 0.3) is 11.0 Å². The summed E-state index contributed by atoms with van der Waals surface area (Å²) >= 11 is 0. The van der Waals surface area contributed by atoms with Gasteiger partial charge in [-0.15, -0.1) is 0 Å². The van der Waals surface area contributed by atoms with Gasteiger partial charge in [-0.25, -0.2) is 18.7 Å². The number of rotatable bonds is 2.